The highest BCUT2D eigenvalue weighted by Gasteiger charge is 2.48. The molecule has 90 heavy (non-hydrogen) atoms. The topological polar surface area (TPSA) is 303 Å². The number of esters is 4. The molecule has 4 N–H and O–H groups in total. The SMILES string of the molecule is CC(=O)OCC1O[C@H](Oc2ccc(-c3cnc4c(c3)ncn4C)cc2Cl)C(OC(C)=O)[C@@H](C)[C@@H]1C.CC(=O)OCC1O[C@H](Oc2ccc(I)cc2Cl)C(OC(C)=O)[C@@H](C)[C@@H]1C.Cn1cnc2cc(-c3ccc(O[C@H]4OC(CO)[C@@H](O)[C@H](O)C4O)c(Cl)c3)cnc21. The molecule has 3 aliphatic rings. The molecule has 10 rings (SSSR count). The van der Waals surface area contributed by atoms with Crippen LogP contribution in [0.3, 0.4) is 0 Å². The summed E-state index contributed by atoms with van der Waals surface area (Å²) < 4.78 is 61.0. The summed E-state index contributed by atoms with van der Waals surface area (Å²) in [5.41, 5.74) is 6.40. The average molecular weight is 1420 g/mol. The van der Waals surface area contributed by atoms with Crippen molar-refractivity contribution >= 4 is 104 Å². The van der Waals surface area contributed by atoms with Gasteiger partial charge in [-0.1, -0.05) is 74.6 Å². The van der Waals surface area contributed by atoms with E-state index in [0.29, 0.717) is 21.5 Å². The summed E-state index contributed by atoms with van der Waals surface area (Å²) in [7, 11) is 3.75. The van der Waals surface area contributed by atoms with Gasteiger partial charge in [0.25, 0.3) is 0 Å². The molecule has 3 saturated heterocycles. The first-order chi connectivity index (χ1) is 42.7. The molecule has 0 spiro atoms. The summed E-state index contributed by atoms with van der Waals surface area (Å²) in [4.78, 5) is 63.3. The van der Waals surface area contributed by atoms with E-state index in [0.717, 1.165) is 48.2 Å². The number of aliphatic hydroxyl groups excluding tert-OH is 4. The number of aromatic nitrogens is 6. The first kappa shape index (κ1) is 69.4. The number of pyridine rings is 2. The second kappa shape index (κ2) is 30.7. The van der Waals surface area contributed by atoms with Crippen LogP contribution >= 0.6 is 57.4 Å². The number of hydrogen-bond donors (Lipinski definition) is 4. The fourth-order valence-corrected chi connectivity index (χ4v) is 11.6. The number of hydrogen-bond acceptors (Lipinski definition) is 22. The molecule has 484 valence electrons. The minimum absolute atomic E-state index is 0.00857. The Hall–Kier alpha value is -6.50. The molecular formula is C62H70Cl3IN6O18. The van der Waals surface area contributed by atoms with Gasteiger partial charge in [-0.3, -0.25) is 19.2 Å². The Morgan fingerprint density at radius 3 is 1.30 bits per heavy atom. The van der Waals surface area contributed by atoms with Gasteiger partial charge in [0.1, 0.15) is 65.9 Å². The van der Waals surface area contributed by atoms with Gasteiger partial charge in [0, 0.05) is 80.7 Å². The van der Waals surface area contributed by atoms with Crippen molar-refractivity contribution in [3.63, 3.8) is 0 Å². The molecule has 3 aromatic carbocycles. The largest absolute Gasteiger partial charge is 0.463 e. The lowest BCUT2D eigenvalue weighted by atomic mass is 9.83. The van der Waals surface area contributed by atoms with Gasteiger partial charge in [0.15, 0.2) is 23.5 Å². The number of aliphatic hydroxyl groups is 4. The van der Waals surface area contributed by atoms with Crippen molar-refractivity contribution in [3.05, 3.63) is 110 Å². The third-order valence-corrected chi connectivity index (χ3v) is 17.2. The van der Waals surface area contributed by atoms with Gasteiger partial charge in [-0.15, -0.1) is 0 Å². The van der Waals surface area contributed by atoms with Crippen LogP contribution in [0.5, 0.6) is 17.2 Å². The van der Waals surface area contributed by atoms with Crippen LogP contribution in [0.2, 0.25) is 15.1 Å². The Kier molecular flexibility index (Phi) is 23.7. The molecule has 0 amide bonds. The van der Waals surface area contributed by atoms with Gasteiger partial charge in [-0.25, -0.2) is 19.9 Å². The van der Waals surface area contributed by atoms with Gasteiger partial charge < -0.3 is 76.9 Å². The molecule has 7 aromatic rings. The lowest BCUT2D eigenvalue weighted by Crippen LogP contribution is -2.60. The minimum Gasteiger partial charge on any atom is -0.463 e. The third kappa shape index (κ3) is 17.0. The molecule has 15 atom stereocenters. The number of benzene rings is 3. The smallest absolute Gasteiger partial charge is 0.303 e. The zero-order chi connectivity index (χ0) is 65.4. The maximum Gasteiger partial charge on any atom is 0.303 e. The van der Waals surface area contributed by atoms with Crippen molar-refractivity contribution in [1.29, 1.82) is 0 Å². The van der Waals surface area contributed by atoms with Crippen LogP contribution in [0.25, 0.3) is 44.6 Å². The summed E-state index contributed by atoms with van der Waals surface area (Å²) in [5, 5.41) is 40.1. The van der Waals surface area contributed by atoms with Crippen LogP contribution in [-0.2, 0) is 66.4 Å². The molecular weight excluding hydrogens is 1350 g/mol. The van der Waals surface area contributed by atoms with Crippen LogP contribution in [-0.4, -0.2) is 161 Å². The lowest BCUT2D eigenvalue weighted by Gasteiger charge is -2.43. The van der Waals surface area contributed by atoms with Crippen LogP contribution in [0, 0.1) is 27.2 Å². The Bertz CT molecular complexity index is 3670. The fraction of sp³-hybridized carbons (Fsp3) is 0.452. The number of ether oxygens (including phenoxy) is 10. The van der Waals surface area contributed by atoms with Gasteiger partial charge in [0.05, 0.1) is 46.5 Å². The monoisotopic (exact) mass is 1420 g/mol. The highest BCUT2D eigenvalue weighted by atomic mass is 127. The lowest BCUT2D eigenvalue weighted by molar-refractivity contribution is -0.277. The number of carbonyl (C=O) groups excluding carboxylic acids is 4. The summed E-state index contributed by atoms with van der Waals surface area (Å²) in [6.45, 7) is 12.8. The number of imidazole rings is 2. The molecule has 3 aliphatic heterocycles. The first-order valence-electron chi connectivity index (χ1n) is 28.5. The van der Waals surface area contributed by atoms with Crippen molar-refractivity contribution in [1.82, 2.24) is 29.1 Å². The molecule has 3 fully saturated rings. The number of nitrogens with zero attached hydrogens (tertiary/aromatic N) is 6. The molecule has 24 nitrogen and oxygen atoms in total. The molecule has 0 bridgehead atoms. The number of carbonyl (C=O) groups is 4. The maximum atomic E-state index is 11.8. The normalized spacial score (nSPS) is 26.4. The molecule has 0 saturated carbocycles. The number of aryl methyl sites for hydroxylation is 2. The second-order valence-electron chi connectivity index (χ2n) is 22.0. The van der Waals surface area contributed by atoms with Crippen LogP contribution in [0.4, 0.5) is 0 Å². The summed E-state index contributed by atoms with van der Waals surface area (Å²) >= 11 is 21.3. The summed E-state index contributed by atoms with van der Waals surface area (Å²) in [6, 6.07) is 19.6. The molecule has 0 aliphatic carbocycles. The molecule has 6 unspecified atom stereocenters. The third-order valence-electron chi connectivity index (χ3n) is 15.6. The Balaban J connectivity index is 0.000000176. The van der Waals surface area contributed by atoms with Crippen molar-refractivity contribution in [2.75, 3.05) is 19.8 Å². The Morgan fingerprint density at radius 1 is 0.511 bits per heavy atom. The van der Waals surface area contributed by atoms with E-state index in [1.54, 1.807) is 67.5 Å². The van der Waals surface area contributed by atoms with E-state index in [-0.39, 0.29) is 59.7 Å². The number of fused-ring (bicyclic) bond motifs is 2. The van der Waals surface area contributed by atoms with E-state index >= 15 is 0 Å². The van der Waals surface area contributed by atoms with Crippen LogP contribution < -0.4 is 14.2 Å². The van der Waals surface area contributed by atoms with Crippen molar-refractivity contribution < 1.29 is 87.0 Å². The molecule has 0 radical (unpaired) electrons. The predicted molar refractivity (Wildman–Crippen MR) is 336 cm³/mol. The Morgan fingerprint density at radius 2 is 0.911 bits per heavy atom. The van der Waals surface area contributed by atoms with E-state index in [1.165, 1.54) is 27.7 Å². The van der Waals surface area contributed by atoms with E-state index in [2.05, 4.69) is 42.5 Å². The van der Waals surface area contributed by atoms with E-state index in [1.807, 2.05) is 75.2 Å². The minimum atomic E-state index is -1.53. The van der Waals surface area contributed by atoms with Crippen molar-refractivity contribution in [2.45, 2.75) is 123 Å². The standard InChI is InChI=1S/C25H28ClN3O6.C19H20ClN3O6.C18H22ClIO6/c1-13-14(2)23(33-16(4)31)25(35-22(13)11-32-15(3)30)34-21-7-6-17(8-19(21)26)18-9-20-24(27-10-18)29(5)12-28-20;1-23-8-22-12-5-10(6-21-18(12)23)9-2-3-13(11(20)4-9)28-19-17(27)16(26)15(25)14(7-24)29-19;1-9-10(2)17(24-12(4)22)18(26-16(9)8-23-11(3)21)25-15-6-5-13(20)7-14(15)19/h6-10,12-14,22-23,25H,11H2,1-5H3;2-6,8,14-17,19,24-27H,7H2,1H3;5-7,9-10,16-18H,8H2,1-4H3/t13-,14-,22?,23?,25-;14?,15-,16+,17?,19+;9-,10-,16?,17?,18-/m010/s1. The van der Waals surface area contributed by atoms with Crippen molar-refractivity contribution in [3.8, 4) is 39.5 Å². The van der Waals surface area contributed by atoms with E-state index in [9.17, 15) is 39.6 Å². The molecule has 4 aromatic heterocycles. The van der Waals surface area contributed by atoms with Crippen molar-refractivity contribution in [2.24, 2.45) is 37.8 Å². The highest BCUT2D eigenvalue weighted by Crippen LogP contribution is 2.40. The average Bonchev–Trinajstić information content (AvgIpc) is 1.61. The zero-order valence-corrected chi connectivity index (χ0v) is 55.1. The van der Waals surface area contributed by atoms with Crippen LogP contribution in [0.1, 0.15) is 55.4 Å². The summed E-state index contributed by atoms with van der Waals surface area (Å²) in [5.74, 6) is -0.864. The second-order valence-corrected chi connectivity index (χ2v) is 24.5. The number of halogens is 4. The zero-order valence-electron chi connectivity index (χ0n) is 50.6. The highest BCUT2D eigenvalue weighted by molar-refractivity contribution is 14.1. The van der Waals surface area contributed by atoms with Gasteiger partial charge in [-0.05, 0) is 100 Å². The van der Waals surface area contributed by atoms with E-state index in [4.69, 9.17) is 82.2 Å². The summed E-state index contributed by atoms with van der Waals surface area (Å²) in [6.07, 6.45) is -3.86. The quantitative estimate of drug-likeness (QED) is 0.0425. The molecule has 7 heterocycles. The fourth-order valence-electron chi connectivity index (χ4n) is 10.2. The van der Waals surface area contributed by atoms with Gasteiger partial charge >= 0.3 is 23.9 Å². The Labute approximate surface area is 547 Å². The molecule has 28 heteroatoms. The van der Waals surface area contributed by atoms with Gasteiger partial charge in [0.2, 0.25) is 18.9 Å². The first-order valence-corrected chi connectivity index (χ1v) is 30.7. The number of rotatable bonds is 15. The maximum absolute atomic E-state index is 11.8. The van der Waals surface area contributed by atoms with E-state index < -0.39 is 86.1 Å². The van der Waals surface area contributed by atoms with Crippen LogP contribution in [0.15, 0.2) is 91.8 Å². The predicted octanol–water partition coefficient (Wildman–Crippen LogP) is 8.44. The van der Waals surface area contributed by atoms with Gasteiger partial charge in [-0.2, -0.15) is 0 Å².